The van der Waals surface area contributed by atoms with Crippen LogP contribution in [0.25, 0.3) is 0 Å². The molecule has 3 nitrogen and oxygen atoms in total. The molecule has 1 aliphatic carbocycles. The van der Waals surface area contributed by atoms with Crippen LogP contribution in [0.15, 0.2) is 18.2 Å². The average molecular weight is 282 g/mol. The lowest BCUT2D eigenvalue weighted by Gasteiger charge is -2.40. The lowest BCUT2D eigenvalue weighted by molar-refractivity contribution is -0.125. The lowest BCUT2D eigenvalue weighted by atomic mass is 9.66. The highest BCUT2D eigenvalue weighted by Crippen LogP contribution is 2.42. The van der Waals surface area contributed by atoms with Gasteiger partial charge in [-0.25, -0.2) is 8.78 Å². The molecular weight excluding hydrogens is 262 g/mol. The van der Waals surface area contributed by atoms with Crippen LogP contribution in [0.1, 0.15) is 44.2 Å². The summed E-state index contributed by atoms with van der Waals surface area (Å²) in [4.78, 5) is 12.0. The van der Waals surface area contributed by atoms with Crippen LogP contribution in [0.2, 0.25) is 0 Å². The van der Waals surface area contributed by atoms with Crippen molar-refractivity contribution in [3.63, 3.8) is 0 Å². The van der Waals surface area contributed by atoms with Gasteiger partial charge in [0, 0.05) is 18.1 Å². The Morgan fingerprint density at radius 2 is 2.15 bits per heavy atom. The van der Waals surface area contributed by atoms with Crippen LogP contribution in [0, 0.1) is 17.0 Å². The molecule has 0 aromatic heterocycles. The van der Waals surface area contributed by atoms with Gasteiger partial charge in [0.2, 0.25) is 5.91 Å². The third-order valence-corrected chi connectivity index (χ3v) is 4.19. The van der Waals surface area contributed by atoms with Gasteiger partial charge in [0.1, 0.15) is 11.6 Å². The number of hydrogen-bond acceptors (Lipinski definition) is 2. The molecule has 1 saturated carbocycles. The van der Waals surface area contributed by atoms with E-state index in [1.807, 2.05) is 0 Å². The van der Waals surface area contributed by atoms with Gasteiger partial charge in [0.05, 0.1) is 6.04 Å². The summed E-state index contributed by atoms with van der Waals surface area (Å²) in [5.74, 6) is -1.40. The van der Waals surface area contributed by atoms with Crippen LogP contribution in [0.4, 0.5) is 8.78 Å². The molecule has 110 valence electrons. The van der Waals surface area contributed by atoms with E-state index in [9.17, 15) is 13.6 Å². The first kappa shape index (κ1) is 14.9. The predicted octanol–water partition coefficient (Wildman–Crippen LogP) is 2.66. The van der Waals surface area contributed by atoms with Crippen molar-refractivity contribution >= 4 is 5.91 Å². The number of amides is 1. The number of nitrogens with one attached hydrogen (secondary N) is 1. The number of halogens is 2. The Bertz CT molecular complexity index is 495. The maximum absolute atomic E-state index is 13.6. The molecule has 0 saturated heterocycles. The van der Waals surface area contributed by atoms with E-state index in [-0.39, 0.29) is 16.9 Å². The highest BCUT2D eigenvalue weighted by Gasteiger charge is 2.37. The standard InChI is InChI=1S/C15H20F2N2O/c1-10(12-4-3-11(16)7-13(12)17)19-14(20)8-15(9-18)5-2-6-15/h3-4,7,10H,2,5-6,8-9,18H2,1H3,(H,19,20). The zero-order valence-electron chi connectivity index (χ0n) is 11.6. The molecule has 0 bridgehead atoms. The van der Waals surface area contributed by atoms with Crippen molar-refractivity contribution in [1.82, 2.24) is 5.32 Å². The summed E-state index contributed by atoms with van der Waals surface area (Å²) in [6.45, 7) is 2.18. The number of benzene rings is 1. The lowest BCUT2D eigenvalue weighted by Crippen LogP contribution is -2.42. The first-order valence-corrected chi connectivity index (χ1v) is 6.90. The minimum Gasteiger partial charge on any atom is -0.349 e. The van der Waals surface area contributed by atoms with Gasteiger partial charge >= 0.3 is 0 Å². The van der Waals surface area contributed by atoms with Crippen molar-refractivity contribution in [2.75, 3.05) is 6.54 Å². The number of carbonyl (C=O) groups is 1. The minimum atomic E-state index is -0.644. The Labute approximate surface area is 117 Å². The van der Waals surface area contributed by atoms with Crippen molar-refractivity contribution in [3.8, 4) is 0 Å². The van der Waals surface area contributed by atoms with Crippen LogP contribution in [-0.4, -0.2) is 12.5 Å². The molecule has 0 spiro atoms. The van der Waals surface area contributed by atoms with Crippen molar-refractivity contribution < 1.29 is 13.6 Å². The quantitative estimate of drug-likeness (QED) is 0.872. The number of carbonyl (C=O) groups excluding carboxylic acids is 1. The molecule has 1 aromatic rings. The van der Waals surface area contributed by atoms with Gasteiger partial charge in [0.25, 0.3) is 0 Å². The van der Waals surface area contributed by atoms with Crippen molar-refractivity contribution in [2.24, 2.45) is 11.1 Å². The largest absolute Gasteiger partial charge is 0.349 e. The molecule has 2 rings (SSSR count). The van der Waals surface area contributed by atoms with E-state index in [2.05, 4.69) is 5.32 Å². The fourth-order valence-electron chi connectivity index (χ4n) is 2.69. The highest BCUT2D eigenvalue weighted by molar-refractivity contribution is 5.77. The minimum absolute atomic E-state index is 0.0782. The van der Waals surface area contributed by atoms with Gasteiger partial charge in [-0.3, -0.25) is 4.79 Å². The highest BCUT2D eigenvalue weighted by atomic mass is 19.1. The second-order valence-corrected chi connectivity index (χ2v) is 5.69. The Morgan fingerprint density at radius 1 is 1.45 bits per heavy atom. The predicted molar refractivity (Wildman–Crippen MR) is 72.9 cm³/mol. The van der Waals surface area contributed by atoms with E-state index < -0.39 is 17.7 Å². The number of rotatable bonds is 5. The van der Waals surface area contributed by atoms with Crippen molar-refractivity contribution in [2.45, 2.75) is 38.6 Å². The van der Waals surface area contributed by atoms with E-state index in [4.69, 9.17) is 5.73 Å². The van der Waals surface area contributed by atoms with Gasteiger partial charge in [-0.05, 0) is 37.8 Å². The van der Waals surface area contributed by atoms with Crippen LogP contribution in [-0.2, 0) is 4.79 Å². The maximum atomic E-state index is 13.6. The van der Waals surface area contributed by atoms with E-state index >= 15 is 0 Å². The third kappa shape index (κ3) is 3.15. The zero-order valence-corrected chi connectivity index (χ0v) is 11.6. The summed E-state index contributed by atoms with van der Waals surface area (Å²) in [5, 5.41) is 2.76. The Balaban J connectivity index is 1.96. The summed E-state index contributed by atoms with van der Waals surface area (Å²) in [6, 6.07) is 2.88. The maximum Gasteiger partial charge on any atom is 0.221 e. The first-order valence-electron chi connectivity index (χ1n) is 6.90. The molecule has 0 radical (unpaired) electrons. The third-order valence-electron chi connectivity index (χ3n) is 4.19. The van der Waals surface area contributed by atoms with Gasteiger partial charge < -0.3 is 11.1 Å². The molecule has 1 fully saturated rings. The Morgan fingerprint density at radius 3 is 2.65 bits per heavy atom. The van der Waals surface area contributed by atoms with E-state index in [1.165, 1.54) is 12.1 Å². The second-order valence-electron chi connectivity index (χ2n) is 5.69. The van der Waals surface area contributed by atoms with E-state index in [1.54, 1.807) is 6.92 Å². The van der Waals surface area contributed by atoms with Crippen LogP contribution in [0.3, 0.4) is 0 Å². The fourth-order valence-corrected chi connectivity index (χ4v) is 2.69. The van der Waals surface area contributed by atoms with Gasteiger partial charge in [-0.15, -0.1) is 0 Å². The molecule has 1 unspecified atom stereocenters. The molecule has 20 heavy (non-hydrogen) atoms. The zero-order chi connectivity index (χ0) is 14.8. The summed E-state index contributed by atoms with van der Waals surface area (Å²) in [5.41, 5.74) is 5.93. The van der Waals surface area contributed by atoms with Crippen molar-refractivity contribution in [1.29, 1.82) is 0 Å². The van der Waals surface area contributed by atoms with Crippen molar-refractivity contribution in [3.05, 3.63) is 35.4 Å². The molecule has 1 amide bonds. The molecule has 5 heteroatoms. The molecule has 0 aliphatic heterocycles. The van der Waals surface area contributed by atoms with Crippen LogP contribution >= 0.6 is 0 Å². The van der Waals surface area contributed by atoms with Gasteiger partial charge in [-0.1, -0.05) is 12.5 Å². The summed E-state index contributed by atoms with van der Waals surface area (Å²) in [6.07, 6.45) is 3.41. The average Bonchev–Trinajstić information content (AvgIpc) is 2.33. The summed E-state index contributed by atoms with van der Waals surface area (Å²) < 4.78 is 26.5. The Hall–Kier alpha value is -1.49. The van der Waals surface area contributed by atoms with E-state index in [0.717, 1.165) is 25.3 Å². The monoisotopic (exact) mass is 282 g/mol. The molecular formula is C15H20F2N2O. The molecule has 0 heterocycles. The number of hydrogen-bond donors (Lipinski definition) is 2. The molecule has 1 atom stereocenters. The SMILES string of the molecule is CC(NC(=O)CC1(CN)CCC1)c1ccc(F)cc1F. The topological polar surface area (TPSA) is 55.1 Å². The first-order chi connectivity index (χ1) is 9.46. The van der Waals surface area contributed by atoms with Crippen LogP contribution in [0.5, 0.6) is 0 Å². The molecule has 1 aliphatic rings. The summed E-state index contributed by atoms with van der Waals surface area (Å²) >= 11 is 0. The van der Waals surface area contributed by atoms with E-state index in [0.29, 0.717) is 13.0 Å². The summed E-state index contributed by atoms with van der Waals surface area (Å²) in [7, 11) is 0. The smallest absolute Gasteiger partial charge is 0.221 e. The van der Waals surface area contributed by atoms with Crippen LogP contribution < -0.4 is 11.1 Å². The Kier molecular flexibility index (Phi) is 4.38. The molecule has 3 N–H and O–H groups in total. The normalized spacial score (nSPS) is 18.2. The van der Waals surface area contributed by atoms with Gasteiger partial charge in [0.15, 0.2) is 0 Å². The number of nitrogens with two attached hydrogens (primary N) is 1. The van der Waals surface area contributed by atoms with Gasteiger partial charge in [-0.2, -0.15) is 0 Å². The second kappa shape index (κ2) is 5.87. The fraction of sp³-hybridized carbons (Fsp3) is 0.533. The molecule has 1 aromatic carbocycles.